The third-order valence-corrected chi connectivity index (χ3v) is 6.35. The zero-order valence-corrected chi connectivity index (χ0v) is 17.9. The van der Waals surface area contributed by atoms with Crippen molar-refractivity contribution in [1.29, 1.82) is 0 Å². The number of rotatable bonds is 6. The van der Waals surface area contributed by atoms with E-state index in [1.807, 2.05) is 31.2 Å². The summed E-state index contributed by atoms with van der Waals surface area (Å²) < 4.78 is 7.97. The molecule has 4 rings (SSSR count). The van der Waals surface area contributed by atoms with E-state index >= 15 is 0 Å². The summed E-state index contributed by atoms with van der Waals surface area (Å²) in [6.07, 6.45) is 0. The van der Waals surface area contributed by atoms with Gasteiger partial charge in [-0.2, -0.15) is 0 Å². The molecule has 0 spiro atoms. The molecule has 0 atom stereocenters. The fourth-order valence-electron chi connectivity index (χ4n) is 2.91. The first-order chi connectivity index (χ1) is 13.5. The van der Waals surface area contributed by atoms with E-state index in [2.05, 4.69) is 50.9 Å². The van der Waals surface area contributed by atoms with Crippen molar-refractivity contribution < 1.29 is 4.74 Å². The summed E-state index contributed by atoms with van der Waals surface area (Å²) in [7, 11) is 0. The summed E-state index contributed by atoms with van der Waals surface area (Å²) in [5, 5.41) is 13.7. The van der Waals surface area contributed by atoms with E-state index in [-0.39, 0.29) is 0 Å². The Bertz CT molecular complexity index is 1120. The van der Waals surface area contributed by atoms with Crippen molar-refractivity contribution in [2.24, 2.45) is 0 Å². The van der Waals surface area contributed by atoms with Crippen molar-refractivity contribution in [2.75, 3.05) is 0 Å². The summed E-state index contributed by atoms with van der Waals surface area (Å²) >= 11 is 3.18. The lowest BCUT2D eigenvalue weighted by molar-refractivity contribution is 0.288. The molecule has 6 nitrogen and oxygen atoms in total. The van der Waals surface area contributed by atoms with Crippen molar-refractivity contribution in [2.45, 2.75) is 51.0 Å². The summed E-state index contributed by atoms with van der Waals surface area (Å²) in [5.41, 5.74) is 2.39. The first-order valence-electron chi connectivity index (χ1n) is 9.07. The van der Waals surface area contributed by atoms with E-state index in [1.54, 1.807) is 11.3 Å². The SMILES string of the molecule is CCn1c(COc2ccc(C)cc2)nnc1Sc1nc(C)nc2scc(C)c12. The highest BCUT2D eigenvalue weighted by Crippen LogP contribution is 2.35. The van der Waals surface area contributed by atoms with E-state index in [0.717, 1.165) is 44.3 Å². The van der Waals surface area contributed by atoms with Crippen LogP contribution in [0, 0.1) is 20.8 Å². The van der Waals surface area contributed by atoms with Gasteiger partial charge in [-0.25, -0.2) is 9.97 Å². The van der Waals surface area contributed by atoms with Crippen LogP contribution >= 0.6 is 23.1 Å². The largest absolute Gasteiger partial charge is 0.486 e. The Balaban J connectivity index is 1.59. The number of aromatic nitrogens is 5. The molecule has 0 aliphatic heterocycles. The molecular weight excluding hydrogens is 390 g/mol. The summed E-state index contributed by atoms with van der Waals surface area (Å²) in [4.78, 5) is 10.2. The molecule has 0 radical (unpaired) electrons. The number of nitrogens with zero attached hydrogens (tertiary/aromatic N) is 5. The first kappa shape index (κ1) is 18.9. The second-order valence-corrected chi connectivity index (χ2v) is 8.34. The van der Waals surface area contributed by atoms with Gasteiger partial charge >= 0.3 is 0 Å². The Morgan fingerprint density at radius 1 is 1.07 bits per heavy atom. The van der Waals surface area contributed by atoms with Gasteiger partial charge in [0.25, 0.3) is 0 Å². The molecule has 0 amide bonds. The Morgan fingerprint density at radius 2 is 1.86 bits per heavy atom. The molecule has 1 aromatic carbocycles. The molecule has 28 heavy (non-hydrogen) atoms. The van der Waals surface area contributed by atoms with Crippen LogP contribution in [0.15, 0.2) is 39.8 Å². The van der Waals surface area contributed by atoms with Crippen molar-refractivity contribution in [3.8, 4) is 5.75 Å². The monoisotopic (exact) mass is 411 g/mol. The standard InChI is InChI=1S/C20H21N5OS2/c1-5-25-16(10-26-15-8-6-12(2)7-9-15)23-24-20(25)28-19-17-13(3)11-27-18(17)21-14(4)22-19/h6-9,11H,5,10H2,1-4H3. The molecule has 0 bridgehead atoms. The average molecular weight is 412 g/mol. The van der Waals surface area contributed by atoms with Gasteiger partial charge < -0.3 is 9.30 Å². The number of benzene rings is 1. The third kappa shape index (κ3) is 3.74. The Hall–Kier alpha value is -2.45. The predicted molar refractivity (Wildman–Crippen MR) is 112 cm³/mol. The van der Waals surface area contributed by atoms with Gasteiger partial charge in [-0.1, -0.05) is 17.7 Å². The van der Waals surface area contributed by atoms with Crippen molar-refractivity contribution in [1.82, 2.24) is 24.7 Å². The van der Waals surface area contributed by atoms with E-state index in [9.17, 15) is 0 Å². The van der Waals surface area contributed by atoms with Crippen LogP contribution in [0.2, 0.25) is 0 Å². The van der Waals surface area contributed by atoms with Crippen LogP contribution in [0.5, 0.6) is 5.75 Å². The molecule has 0 aliphatic rings. The number of aryl methyl sites for hydroxylation is 3. The lowest BCUT2D eigenvalue weighted by Gasteiger charge is -2.09. The van der Waals surface area contributed by atoms with Crippen LogP contribution in [0.25, 0.3) is 10.2 Å². The summed E-state index contributed by atoms with van der Waals surface area (Å²) in [5.74, 6) is 2.39. The topological polar surface area (TPSA) is 65.7 Å². The van der Waals surface area contributed by atoms with Gasteiger partial charge in [0, 0.05) is 11.9 Å². The number of ether oxygens (including phenoxy) is 1. The quantitative estimate of drug-likeness (QED) is 0.418. The predicted octanol–water partition coefficient (Wildman–Crippen LogP) is 4.96. The van der Waals surface area contributed by atoms with E-state index in [0.29, 0.717) is 6.61 Å². The van der Waals surface area contributed by atoms with Crippen LogP contribution in [0.1, 0.15) is 29.7 Å². The molecule has 0 fully saturated rings. The molecule has 4 aromatic rings. The fraction of sp³-hybridized carbons (Fsp3) is 0.300. The minimum Gasteiger partial charge on any atom is -0.486 e. The van der Waals surface area contributed by atoms with Crippen LogP contribution in [0.4, 0.5) is 0 Å². The second kappa shape index (κ2) is 7.89. The van der Waals surface area contributed by atoms with Crippen LogP contribution in [-0.2, 0) is 13.2 Å². The minimum absolute atomic E-state index is 0.375. The molecule has 0 aliphatic carbocycles. The molecule has 0 saturated carbocycles. The summed E-state index contributed by atoms with van der Waals surface area (Å²) in [6.45, 7) is 9.29. The molecule has 0 saturated heterocycles. The maximum Gasteiger partial charge on any atom is 0.197 e. The number of thiophene rings is 1. The van der Waals surface area contributed by atoms with Gasteiger partial charge in [0.05, 0.1) is 0 Å². The fourth-order valence-corrected chi connectivity index (χ4v) is 5.08. The minimum atomic E-state index is 0.375. The lowest BCUT2D eigenvalue weighted by Crippen LogP contribution is -2.07. The van der Waals surface area contributed by atoms with E-state index in [4.69, 9.17) is 4.74 Å². The maximum atomic E-state index is 5.89. The Morgan fingerprint density at radius 3 is 2.61 bits per heavy atom. The Labute approximate surface area is 172 Å². The van der Waals surface area contributed by atoms with Gasteiger partial charge in [0.1, 0.15) is 28.0 Å². The molecule has 3 heterocycles. The zero-order chi connectivity index (χ0) is 19.7. The van der Waals surface area contributed by atoms with Crippen molar-refractivity contribution in [3.05, 3.63) is 52.4 Å². The van der Waals surface area contributed by atoms with Crippen molar-refractivity contribution in [3.63, 3.8) is 0 Å². The molecule has 0 unspecified atom stereocenters. The zero-order valence-electron chi connectivity index (χ0n) is 16.3. The third-order valence-electron chi connectivity index (χ3n) is 4.38. The number of hydrogen-bond donors (Lipinski definition) is 0. The summed E-state index contributed by atoms with van der Waals surface area (Å²) in [6, 6.07) is 8.01. The lowest BCUT2D eigenvalue weighted by atomic mass is 10.2. The highest BCUT2D eigenvalue weighted by Gasteiger charge is 2.17. The van der Waals surface area contributed by atoms with Gasteiger partial charge in [0.2, 0.25) is 0 Å². The highest BCUT2D eigenvalue weighted by atomic mass is 32.2. The second-order valence-electron chi connectivity index (χ2n) is 6.52. The molecule has 8 heteroatoms. The van der Waals surface area contributed by atoms with Gasteiger partial charge in [-0.05, 0) is 62.5 Å². The average Bonchev–Trinajstić information content (AvgIpc) is 3.24. The van der Waals surface area contributed by atoms with E-state index < -0.39 is 0 Å². The van der Waals surface area contributed by atoms with Gasteiger partial charge in [0.15, 0.2) is 11.0 Å². The van der Waals surface area contributed by atoms with E-state index in [1.165, 1.54) is 22.9 Å². The first-order valence-corrected chi connectivity index (χ1v) is 10.8. The van der Waals surface area contributed by atoms with Gasteiger partial charge in [-0.3, -0.25) is 0 Å². The van der Waals surface area contributed by atoms with Crippen molar-refractivity contribution >= 4 is 33.3 Å². The number of fused-ring (bicyclic) bond motifs is 1. The molecular formula is C20H21N5OS2. The normalized spacial score (nSPS) is 11.3. The van der Waals surface area contributed by atoms with Crippen LogP contribution in [-0.4, -0.2) is 24.7 Å². The van der Waals surface area contributed by atoms with Crippen LogP contribution < -0.4 is 4.74 Å². The van der Waals surface area contributed by atoms with Gasteiger partial charge in [-0.15, -0.1) is 21.5 Å². The smallest absolute Gasteiger partial charge is 0.197 e. The number of hydrogen-bond acceptors (Lipinski definition) is 7. The van der Waals surface area contributed by atoms with Crippen LogP contribution in [0.3, 0.4) is 0 Å². The molecule has 144 valence electrons. The molecule has 0 N–H and O–H groups in total. The maximum absolute atomic E-state index is 5.89. The molecule has 3 aromatic heterocycles. The Kier molecular flexibility index (Phi) is 5.32. The highest BCUT2D eigenvalue weighted by molar-refractivity contribution is 7.99.